The average molecular weight is 256 g/mol. The summed E-state index contributed by atoms with van der Waals surface area (Å²) in [5.74, 6) is -0.363. The molecule has 1 N–H and O–H groups in total. The van der Waals surface area contributed by atoms with E-state index in [1.807, 2.05) is 0 Å². The first-order valence-electron chi connectivity index (χ1n) is 5.13. The van der Waals surface area contributed by atoms with Crippen LogP contribution in [0.3, 0.4) is 0 Å². The molecule has 0 radical (unpaired) electrons. The second-order valence-electron chi connectivity index (χ2n) is 3.62. The molecule has 0 aliphatic heterocycles. The van der Waals surface area contributed by atoms with Crippen LogP contribution in [0.1, 0.15) is 11.3 Å². The zero-order valence-electron chi connectivity index (χ0n) is 8.98. The van der Waals surface area contributed by atoms with E-state index in [4.69, 9.17) is 16.7 Å². The zero-order chi connectivity index (χ0) is 12.3. The summed E-state index contributed by atoms with van der Waals surface area (Å²) in [6.45, 7) is 0.466. The highest BCUT2D eigenvalue weighted by Gasteiger charge is 2.05. The number of rotatable bonds is 4. The van der Waals surface area contributed by atoms with Crippen LogP contribution in [0.15, 0.2) is 24.4 Å². The first-order chi connectivity index (χ1) is 8.19. The van der Waals surface area contributed by atoms with Crippen molar-refractivity contribution in [3.8, 4) is 0 Å². The third kappa shape index (κ3) is 3.01. The Hall–Kier alpha value is -1.46. The van der Waals surface area contributed by atoms with Crippen molar-refractivity contribution in [2.75, 3.05) is 6.61 Å². The lowest BCUT2D eigenvalue weighted by atomic mass is 10.2. The lowest BCUT2D eigenvalue weighted by Crippen LogP contribution is -2.01. The van der Waals surface area contributed by atoms with Crippen LogP contribution in [0.2, 0.25) is 5.02 Å². The molecule has 0 fully saturated rings. The minimum atomic E-state index is -0.363. The monoisotopic (exact) mass is 255 g/mol. The number of aliphatic hydroxyl groups is 1. The van der Waals surface area contributed by atoms with Crippen LogP contribution in [-0.2, 0) is 13.0 Å². The maximum absolute atomic E-state index is 12.8. The fraction of sp³-hybridized carbons (Fsp3) is 0.273. The summed E-state index contributed by atoms with van der Waals surface area (Å²) in [6.07, 6.45) is 2.20. The highest BCUT2D eigenvalue weighted by molar-refractivity contribution is 6.31. The Morgan fingerprint density at radius 1 is 1.41 bits per heavy atom. The Bertz CT molecular complexity index is 515. The van der Waals surface area contributed by atoms with Gasteiger partial charge >= 0.3 is 0 Å². The third-order valence-electron chi connectivity index (χ3n) is 2.30. The van der Waals surface area contributed by atoms with Crippen molar-refractivity contribution in [2.45, 2.75) is 13.0 Å². The molecule has 1 heterocycles. The summed E-state index contributed by atoms with van der Waals surface area (Å²) in [7, 11) is 0. The van der Waals surface area contributed by atoms with Gasteiger partial charge in [0.2, 0.25) is 0 Å². The van der Waals surface area contributed by atoms with Crippen LogP contribution in [0.25, 0.3) is 0 Å². The van der Waals surface area contributed by atoms with Crippen LogP contribution < -0.4 is 0 Å². The van der Waals surface area contributed by atoms with Gasteiger partial charge in [-0.05, 0) is 17.7 Å². The van der Waals surface area contributed by atoms with Crippen molar-refractivity contribution in [3.05, 3.63) is 46.5 Å². The molecular formula is C11H11ClFN3O. The van der Waals surface area contributed by atoms with Crippen molar-refractivity contribution in [2.24, 2.45) is 0 Å². The van der Waals surface area contributed by atoms with E-state index in [2.05, 4.69) is 10.3 Å². The van der Waals surface area contributed by atoms with Gasteiger partial charge in [0.15, 0.2) is 0 Å². The molecule has 0 atom stereocenters. The number of nitrogens with zero attached hydrogens (tertiary/aromatic N) is 3. The van der Waals surface area contributed by atoms with Crippen LogP contribution in [0, 0.1) is 5.82 Å². The maximum Gasteiger partial charge on any atom is 0.124 e. The summed E-state index contributed by atoms with van der Waals surface area (Å²) in [5, 5.41) is 16.9. The van der Waals surface area contributed by atoms with Gasteiger partial charge in [-0.25, -0.2) is 9.07 Å². The van der Waals surface area contributed by atoms with E-state index in [0.29, 0.717) is 23.7 Å². The number of aromatic nitrogens is 3. The molecule has 0 saturated heterocycles. The van der Waals surface area contributed by atoms with Crippen molar-refractivity contribution in [1.29, 1.82) is 0 Å². The fourth-order valence-electron chi connectivity index (χ4n) is 1.47. The molecular weight excluding hydrogens is 245 g/mol. The summed E-state index contributed by atoms with van der Waals surface area (Å²) >= 11 is 5.91. The van der Waals surface area contributed by atoms with Crippen molar-refractivity contribution in [3.63, 3.8) is 0 Å². The van der Waals surface area contributed by atoms with Crippen LogP contribution in [-0.4, -0.2) is 26.7 Å². The van der Waals surface area contributed by atoms with E-state index in [9.17, 15) is 4.39 Å². The SMILES string of the molecule is OCCc1cn(Cc2ccc(F)cc2Cl)nn1. The molecule has 2 rings (SSSR count). The number of hydrogen-bond acceptors (Lipinski definition) is 3. The van der Waals surface area contributed by atoms with Gasteiger partial charge in [-0.1, -0.05) is 22.9 Å². The molecule has 0 aliphatic rings. The number of halogens is 2. The quantitative estimate of drug-likeness (QED) is 0.904. The van der Waals surface area contributed by atoms with Crippen LogP contribution in [0.4, 0.5) is 4.39 Å². The first kappa shape index (κ1) is 12.0. The molecule has 0 amide bonds. The summed E-state index contributed by atoms with van der Waals surface area (Å²) in [6, 6.07) is 4.24. The van der Waals surface area contributed by atoms with E-state index in [1.54, 1.807) is 16.9 Å². The molecule has 2 aromatic rings. The number of hydrogen-bond donors (Lipinski definition) is 1. The molecule has 90 valence electrons. The van der Waals surface area contributed by atoms with E-state index in [0.717, 1.165) is 5.56 Å². The molecule has 1 aromatic carbocycles. The predicted molar refractivity (Wildman–Crippen MR) is 61.3 cm³/mol. The molecule has 6 heteroatoms. The molecule has 0 spiro atoms. The summed E-state index contributed by atoms with van der Waals surface area (Å²) < 4.78 is 14.4. The molecule has 0 bridgehead atoms. The highest BCUT2D eigenvalue weighted by Crippen LogP contribution is 2.18. The fourth-order valence-corrected chi connectivity index (χ4v) is 1.70. The molecule has 0 aliphatic carbocycles. The van der Waals surface area contributed by atoms with Gasteiger partial charge in [0, 0.05) is 24.2 Å². The lowest BCUT2D eigenvalue weighted by molar-refractivity contribution is 0.298. The average Bonchev–Trinajstić information content (AvgIpc) is 2.71. The molecule has 1 aromatic heterocycles. The van der Waals surface area contributed by atoms with E-state index < -0.39 is 0 Å². The molecule has 17 heavy (non-hydrogen) atoms. The second-order valence-corrected chi connectivity index (χ2v) is 4.02. The minimum Gasteiger partial charge on any atom is -0.396 e. The minimum absolute atomic E-state index is 0.0377. The predicted octanol–water partition coefficient (Wildman–Crippen LogP) is 1.65. The Labute approximate surface area is 103 Å². The Morgan fingerprint density at radius 3 is 2.94 bits per heavy atom. The van der Waals surface area contributed by atoms with Gasteiger partial charge in [0.05, 0.1) is 12.2 Å². The second kappa shape index (κ2) is 5.25. The van der Waals surface area contributed by atoms with Crippen molar-refractivity contribution < 1.29 is 9.50 Å². The Balaban J connectivity index is 2.13. The van der Waals surface area contributed by atoms with E-state index in [1.165, 1.54) is 12.1 Å². The van der Waals surface area contributed by atoms with Gasteiger partial charge in [0.25, 0.3) is 0 Å². The smallest absolute Gasteiger partial charge is 0.124 e. The van der Waals surface area contributed by atoms with Gasteiger partial charge in [0.1, 0.15) is 5.82 Å². The number of benzene rings is 1. The number of aliphatic hydroxyl groups excluding tert-OH is 1. The molecule has 0 unspecified atom stereocenters. The largest absolute Gasteiger partial charge is 0.396 e. The van der Waals surface area contributed by atoms with E-state index >= 15 is 0 Å². The topological polar surface area (TPSA) is 50.9 Å². The standard InChI is InChI=1S/C11H11ClFN3O/c12-11-5-9(13)2-1-8(11)6-16-7-10(3-4-17)14-15-16/h1-2,5,7,17H,3-4,6H2. The summed E-state index contributed by atoms with van der Waals surface area (Å²) in [5.41, 5.74) is 1.49. The van der Waals surface area contributed by atoms with Crippen molar-refractivity contribution >= 4 is 11.6 Å². The Kier molecular flexibility index (Phi) is 3.71. The van der Waals surface area contributed by atoms with Crippen molar-refractivity contribution in [1.82, 2.24) is 15.0 Å². The lowest BCUT2D eigenvalue weighted by Gasteiger charge is -2.03. The highest BCUT2D eigenvalue weighted by atomic mass is 35.5. The maximum atomic E-state index is 12.8. The molecule has 0 saturated carbocycles. The Morgan fingerprint density at radius 2 is 2.24 bits per heavy atom. The third-order valence-corrected chi connectivity index (χ3v) is 2.65. The normalized spacial score (nSPS) is 10.8. The van der Waals surface area contributed by atoms with Gasteiger partial charge in [-0.3, -0.25) is 0 Å². The first-order valence-corrected chi connectivity index (χ1v) is 5.50. The van der Waals surface area contributed by atoms with Crippen LogP contribution in [0.5, 0.6) is 0 Å². The zero-order valence-corrected chi connectivity index (χ0v) is 9.73. The molecule has 4 nitrogen and oxygen atoms in total. The van der Waals surface area contributed by atoms with Crippen LogP contribution >= 0.6 is 11.6 Å². The summed E-state index contributed by atoms with van der Waals surface area (Å²) in [4.78, 5) is 0. The van der Waals surface area contributed by atoms with Gasteiger partial charge in [-0.2, -0.15) is 0 Å². The van der Waals surface area contributed by atoms with Gasteiger partial charge in [-0.15, -0.1) is 5.10 Å². The van der Waals surface area contributed by atoms with E-state index in [-0.39, 0.29) is 12.4 Å². The van der Waals surface area contributed by atoms with Gasteiger partial charge < -0.3 is 5.11 Å².